The summed E-state index contributed by atoms with van der Waals surface area (Å²) in [6.45, 7) is 0.653. The molecule has 0 fully saturated rings. The van der Waals surface area contributed by atoms with Crippen molar-refractivity contribution in [3.05, 3.63) is 22.4 Å². The molecule has 0 unspecified atom stereocenters. The number of rotatable bonds is 2. The van der Waals surface area contributed by atoms with Crippen molar-refractivity contribution in [1.29, 1.82) is 0 Å². The summed E-state index contributed by atoms with van der Waals surface area (Å²) in [6, 6.07) is 3.97. The van der Waals surface area contributed by atoms with E-state index in [1.807, 2.05) is 17.5 Å². The van der Waals surface area contributed by atoms with Crippen molar-refractivity contribution >= 4 is 29.2 Å². The number of amides is 1. The maximum Gasteiger partial charge on any atom is 0.278 e. The van der Waals surface area contributed by atoms with Gasteiger partial charge in [0.15, 0.2) is 0 Å². The van der Waals surface area contributed by atoms with Crippen LogP contribution in [-0.4, -0.2) is 17.2 Å². The summed E-state index contributed by atoms with van der Waals surface area (Å²) in [6.07, 6.45) is 0. The van der Waals surface area contributed by atoms with E-state index in [4.69, 9.17) is 0 Å². The van der Waals surface area contributed by atoms with Gasteiger partial charge < -0.3 is 4.90 Å². The van der Waals surface area contributed by atoms with Crippen LogP contribution in [0, 0.1) is 0 Å². The van der Waals surface area contributed by atoms with E-state index in [0.29, 0.717) is 6.54 Å². The number of thiophene rings is 1. The summed E-state index contributed by atoms with van der Waals surface area (Å²) in [5.74, 6) is 0. The molecule has 60 valence electrons. The van der Waals surface area contributed by atoms with E-state index in [1.165, 1.54) is 4.88 Å². The molecule has 0 atom stereocenters. The van der Waals surface area contributed by atoms with E-state index in [0.717, 1.165) is 0 Å². The second kappa shape index (κ2) is 3.78. The van der Waals surface area contributed by atoms with Crippen LogP contribution >= 0.6 is 24.0 Å². The van der Waals surface area contributed by atoms with Gasteiger partial charge in [0.1, 0.15) is 0 Å². The van der Waals surface area contributed by atoms with Crippen LogP contribution in [0.1, 0.15) is 4.88 Å². The van der Waals surface area contributed by atoms with Crippen molar-refractivity contribution in [3.63, 3.8) is 0 Å². The SMILES string of the molecule is CN(Cc1cccs1)C(=O)S. The number of carbonyl (C=O) groups excluding carboxylic acids is 1. The molecule has 0 radical (unpaired) electrons. The fraction of sp³-hybridized carbons (Fsp3) is 0.286. The summed E-state index contributed by atoms with van der Waals surface area (Å²) in [7, 11) is 1.73. The smallest absolute Gasteiger partial charge is 0.278 e. The zero-order valence-corrected chi connectivity index (χ0v) is 7.86. The van der Waals surface area contributed by atoms with Crippen molar-refractivity contribution in [2.45, 2.75) is 6.54 Å². The highest BCUT2D eigenvalue weighted by Crippen LogP contribution is 2.11. The maximum atomic E-state index is 10.7. The average Bonchev–Trinajstić information content (AvgIpc) is 2.39. The molecule has 1 rings (SSSR count). The lowest BCUT2D eigenvalue weighted by Gasteiger charge is -2.11. The van der Waals surface area contributed by atoms with E-state index in [-0.39, 0.29) is 5.24 Å². The zero-order valence-electron chi connectivity index (χ0n) is 6.15. The Morgan fingerprint density at radius 3 is 3.00 bits per heavy atom. The fourth-order valence-corrected chi connectivity index (χ4v) is 1.53. The minimum Gasteiger partial charge on any atom is -0.332 e. The fourth-order valence-electron chi connectivity index (χ4n) is 0.704. The van der Waals surface area contributed by atoms with Crippen molar-refractivity contribution in [2.24, 2.45) is 0 Å². The van der Waals surface area contributed by atoms with E-state index in [2.05, 4.69) is 12.6 Å². The van der Waals surface area contributed by atoms with Crippen molar-refractivity contribution < 1.29 is 4.79 Å². The molecule has 1 aromatic rings. The number of thiol groups is 1. The molecule has 0 aliphatic heterocycles. The summed E-state index contributed by atoms with van der Waals surface area (Å²) in [5.41, 5.74) is 0. The Morgan fingerprint density at radius 2 is 2.55 bits per heavy atom. The summed E-state index contributed by atoms with van der Waals surface area (Å²) in [4.78, 5) is 13.4. The summed E-state index contributed by atoms with van der Waals surface area (Å²) in [5, 5.41) is 1.80. The van der Waals surface area contributed by atoms with Crippen molar-refractivity contribution in [2.75, 3.05) is 7.05 Å². The highest BCUT2D eigenvalue weighted by molar-refractivity contribution is 7.96. The van der Waals surface area contributed by atoms with Gasteiger partial charge in [0.25, 0.3) is 5.24 Å². The molecule has 4 heteroatoms. The van der Waals surface area contributed by atoms with Gasteiger partial charge in [-0.2, -0.15) is 0 Å². The van der Waals surface area contributed by atoms with Crippen LogP contribution in [0.25, 0.3) is 0 Å². The standard InChI is InChI=1S/C7H9NOS2/c1-8(7(9)10)5-6-3-2-4-11-6/h2-4H,5H2,1H3,(H,9,10). The Balaban J connectivity index is 2.50. The molecular weight excluding hydrogens is 178 g/mol. The van der Waals surface area contributed by atoms with Crippen LogP contribution < -0.4 is 0 Å². The Morgan fingerprint density at radius 1 is 1.82 bits per heavy atom. The molecule has 0 saturated heterocycles. The maximum absolute atomic E-state index is 10.7. The first-order valence-corrected chi connectivity index (χ1v) is 4.49. The first kappa shape index (κ1) is 8.62. The van der Waals surface area contributed by atoms with Crippen LogP contribution in [0.4, 0.5) is 4.79 Å². The normalized spacial score (nSPS) is 9.64. The highest BCUT2D eigenvalue weighted by Gasteiger charge is 2.03. The number of hydrogen-bond acceptors (Lipinski definition) is 2. The molecule has 1 amide bonds. The van der Waals surface area contributed by atoms with Gasteiger partial charge in [0.2, 0.25) is 0 Å². The minimum atomic E-state index is -0.196. The Hall–Kier alpha value is -0.480. The van der Waals surface area contributed by atoms with Crippen LogP contribution in [0.3, 0.4) is 0 Å². The van der Waals surface area contributed by atoms with Crippen LogP contribution in [0.2, 0.25) is 0 Å². The Bertz CT molecular complexity index is 233. The monoisotopic (exact) mass is 187 g/mol. The predicted octanol–water partition coefficient (Wildman–Crippen LogP) is 2.23. The second-order valence-electron chi connectivity index (χ2n) is 2.22. The Kier molecular flexibility index (Phi) is 2.96. The molecule has 11 heavy (non-hydrogen) atoms. The van der Waals surface area contributed by atoms with Crippen LogP contribution in [0.15, 0.2) is 17.5 Å². The minimum absolute atomic E-state index is 0.196. The van der Waals surface area contributed by atoms with Gasteiger partial charge in [-0.25, -0.2) is 0 Å². The Labute approximate surface area is 75.2 Å². The topological polar surface area (TPSA) is 20.3 Å². The van der Waals surface area contributed by atoms with Crippen LogP contribution in [-0.2, 0) is 6.54 Å². The molecule has 1 aromatic heterocycles. The third-order valence-corrected chi connectivity index (χ3v) is 2.50. The first-order chi connectivity index (χ1) is 5.20. The molecule has 1 heterocycles. The lowest BCUT2D eigenvalue weighted by atomic mass is 10.4. The molecule has 0 aromatic carbocycles. The molecule has 0 saturated carbocycles. The van der Waals surface area contributed by atoms with Gasteiger partial charge in [0, 0.05) is 11.9 Å². The molecule has 0 aliphatic rings. The van der Waals surface area contributed by atoms with Crippen molar-refractivity contribution in [3.8, 4) is 0 Å². The van der Waals surface area contributed by atoms with E-state index in [1.54, 1.807) is 23.3 Å². The molecule has 0 spiro atoms. The quantitative estimate of drug-likeness (QED) is 0.704. The van der Waals surface area contributed by atoms with E-state index in [9.17, 15) is 4.79 Å². The predicted molar refractivity (Wildman–Crippen MR) is 50.2 cm³/mol. The second-order valence-corrected chi connectivity index (χ2v) is 3.63. The third kappa shape index (κ3) is 2.55. The van der Waals surface area contributed by atoms with Gasteiger partial charge in [0.05, 0.1) is 6.54 Å². The highest BCUT2D eigenvalue weighted by atomic mass is 32.1. The number of carbonyl (C=O) groups is 1. The van der Waals surface area contributed by atoms with Crippen molar-refractivity contribution in [1.82, 2.24) is 4.90 Å². The molecule has 0 aliphatic carbocycles. The van der Waals surface area contributed by atoms with Crippen LogP contribution in [0.5, 0.6) is 0 Å². The largest absolute Gasteiger partial charge is 0.332 e. The third-order valence-electron chi connectivity index (χ3n) is 1.30. The molecule has 0 bridgehead atoms. The zero-order chi connectivity index (χ0) is 8.27. The average molecular weight is 187 g/mol. The number of nitrogens with zero attached hydrogens (tertiary/aromatic N) is 1. The summed E-state index contributed by atoms with van der Waals surface area (Å²) < 4.78 is 0. The molecule has 2 nitrogen and oxygen atoms in total. The van der Waals surface area contributed by atoms with Gasteiger partial charge >= 0.3 is 0 Å². The number of hydrogen-bond donors (Lipinski definition) is 1. The van der Waals surface area contributed by atoms with Gasteiger partial charge in [-0.05, 0) is 11.4 Å². The van der Waals surface area contributed by atoms with Gasteiger partial charge in [-0.15, -0.1) is 11.3 Å². The molecular formula is C7H9NOS2. The van der Waals surface area contributed by atoms with E-state index < -0.39 is 0 Å². The summed E-state index contributed by atoms with van der Waals surface area (Å²) >= 11 is 5.34. The lowest BCUT2D eigenvalue weighted by molar-refractivity contribution is 0.232. The van der Waals surface area contributed by atoms with E-state index >= 15 is 0 Å². The van der Waals surface area contributed by atoms with Gasteiger partial charge in [-0.3, -0.25) is 4.79 Å². The first-order valence-electron chi connectivity index (χ1n) is 3.16. The molecule has 0 N–H and O–H groups in total. The lowest BCUT2D eigenvalue weighted by Crippen LogP contribution is -2.19. The van der Waals surface area contributed by atoms with Gasteiger partial charge in [-0.1, -0.05) is 18.7 Å².